The maximum absolute atomic E-state index is 5.61. The Balaban J connectivity index is 2.15. The van der Waals surface area contributed by atoms with Gasteiger partial charge in [-0.2, -0.15) is 0 Å². The molecule has 1 atom stereocenters. The van der Waals surface area contributed by atoms with Gasteiger partial charge in [0.2, 0.25) is 0 Å². The van der Waals surface area contributed by atoms with Crippen LogP contribution in [0.5, 0.6) is 0 Å². The highest BCUT2D eigenvalue weighted by Gasteiger charge is 2.18. The lowest BCUT2D eigenvalue weighted by Gasteiger charge is -2.17. The van der Waals surface area contributed by atoms with E-state index in [1.54, 1.807) is 6.26 Å². The molecule has 1 N–H and O–H groups in total. The Kier molecular flexibility index (Phi) is 4.20. The Labute approximate surface area is 108 Å². The molecule has 1 unspecified atom stereocenters. The Bertz CT molecular complexity index is 487. The van der Waals surface area contributed by atoms with Crippen LogP contribution < -0.4 is 5.32 Å². The van der Waals surface area contributed by atoms with Gasteiger partial charge in [-0.15, -0.1) is 0 Å². The summed E-state index contributed by atoms with van der Waals surface area (Å²) in [5.41, 5.74) is 1.19. The van der Waals surface area contributed by atoms with Crippen molar-refractivity contribution in [3.8, 4) is 0 Å². The van der Waals surface area contributed by atoms with Crippen molar-refractivity contribution in [2.75, 3.05) is 6.54 Å². The van der Waals surface area contributed by atoms with Crippen molar-refractivity contribution in [2.45, 2.75) is 32.7 Å². The molecule has 18 heavy (non-hydrogen) atoms. The average Bonchev–Trinajstić information content (AvgIpc) is 2.94. The van der Waals surface area contributed by atoms with Gasteiger partial charge < -0.3 is 14.3 Å². The van der Waals surface area contributed by atoms with Crippen LogP contribution in [0.2, 0.25) is 0 Å². The molecule has 0 radical (unpaired) electrons. The van der Waals surface area contributed by atoms with E-state index in [2.05, 4.69) is 28.7 Å². The summed E-state index contributed by atoms with van der Waals surface area (Å²) in [4.78, 5) is 4.38. The molecule has 0 bridgehead atoms. The lowest BCUT2D eigenvalue weighted by Crippen LogP contribution is -2.25. The zero-order valence-corrected chi connectivity index (χ0v) is 11.3. The smallest absolute Gasteiger partial charge is 0.124 e. The average molecular weight is 247 g/mol. The summed E-state index contributed by atoms with van der Waals surface area (Å²) >= 11 is 0. The van der Waals surface area contributed by atoms with Gasteiger partial charge in [-0.3, -0.25) is 0 Å². The van der Waals surface area contributed by atoms with Gasteiger partial charge in [0.25, 0.3) is 0 Å². The number of imidazole rings is 1. The molecular formula is C14H21N3O. The number of hydrogen-bond donors (Lipinski definition) is 1. The number of rotatable bonds is 6. The van der Waals surface area contributed by atoms with Crippen LogP contribution in [0.4, 0.5) is 0 Å². The molecule has 2 aromatic heterocycles. The van der Waals surface area contributed by atoms with Crippen LogP contribution in [0.25, 0.3) is 0 Å². The van der Waals surface area contributed by atoms with Crippen molar-refractivity contribution in [2.24, 2.45) is 7.05 Å². The predicted molar refractivity (Wildman–Crippen MR) is 71.4 cm³/mol. The van der Waals surface area contributed by atoms with Gasteiger partial charge in [0.1, 0.15) is 11.6 Å². The van der Waals surface area contributed by atoms with Crippen molar-refractivity contribution >= 4 is 0 Å². The van der Waals surface area contributed by atoms with Gasteiger partial charge in [-0.05, 0) is 31.5 Å². The Hall–Kier alpha value is -1.55. The summed E-state index contributed by atoms with van der Waals surface area (Å²) in [6.45, 7) is 5.23. The van der Waals surface area contributed by atoms with Crippen LogP contribution in [0.15, 0.2) is 29.1 Å². The number of furan rings is 1. The third kappa shape index (κ3) is 2.82. The quantitative estimate of drug-likeness (QED) is 0.853. The van der Waals surface area contributed by atoms with Crippen LogP contribution in [-0.2, 0) is 13.5 Å². The molecule has 0 aliphatic carbocycles. The number of nitrogens with one attached hydrogen (secondary N) is 1. The van der Waals surface area contributed by atoms with E-state index in [-0.39, 0.29) is 6.04 Å². The molecule has 4 heteroatoms. The number of aromatic nitrogens is 2. The number of nitrogens with zero attached hydrogens (tertiary/aromatic N) is 2. The first kappa shape index (κ1) is 12.9. The molecule has 4 nitrogen and oxygen atoms in total. The molecule has 0 fully saturated rings. The fraction of sp³-hybridized carbons (Fsp3) is 0.500. The standard InChI is InChI=1S/C14H21N3O/c1-4-6-15-12(14-11(2)5-9-18-14)10-13-16-7-8-17(13)3/h5,7-9,12,15H,4,6,10H2,1-3H3. The van der Waals surface area contributed by atoms with E-state index in [9.17, 15) is 0 Å². The van der Waals surface area contributed by atoms with Crippen LogP contribution in [0, 0.1) is 6.92 Å². The lowest BCUT2D eigenvalue weighted by molar-refractivity contribution is 0.401. The number of aryl methyl sites for hydroxylation is 2. The molecule has 2 rings (SSSR count). The molecule has 0 aliphatic heterocycles. The molecule has 2 aromatic rings. The molecule has 0 aliphatic rings. The van der Waals surface area contributed by atoms with E-state index in [1.807, 2.05) is 25.5 Å². The number of hydrogen-bond acceptors (Lipinski definition) is 3. The Morgan fingerprint density at radius 3 is 2.89 bits per heavy atom. The van der Waals surface area contributed by atoms with Crippen LogP contribution in [-0.4, -0.2) is 16.1 Å². The molecule has 0 aromatic carbocycles. The summed E-state index contributed by atoms with van der Waals surface area (Å²) in [6, 6.07) is 2.20. The Morgan fingerprint density at radius 1 is 1.50 bits per heavy atom. The van der Waals surface area contributed by atoms with Gasteiger partial charge in [0.05, 0.1) is 12.3 Å². The molecule has 98 valence electrons. The Morgan fingerprint density at radius 2 is 2.33 bits per heavy atom. The van der Waals surface area contributed by atoms with Crippen molar-refractivity contribution in [1.82, 2.24) is 14.9 Å². The van der Waals surface area contributed by atoms with E-state index >= 15 is 0 Å². The highest BCUT2D eigenvalue weighted by molar-refractivity contribution is 5.19. The van der Waals surface area contributed by atoms with Crippen LogP contribution in [0.1, 0.15) is 36.5 Å². The topological polar surface area (TPSA) is 43.0 Å². The monoisotopic (exact) mass is 247 g/mol. The maximum Gasteiger partial charge on any atom is 0.124 e. The van der Waals surface area contributed by atoms with Crippen molar-refractivity contribution in [1.29, 1.82) is 0 Å². The van der Waals surface area contributed by atoms with Gasteiger partial charge in [-0.25, -0.2) is 4.98 Å². The molecule has 2 heterocycles. The lowest BCUT2D eigenvalue weighted by atomic mass is 10.1. The molecular weight excluding hydrogens is 226 g/mol. The minimum absolute atomic E-state index is 0.195. The van der Waals surface area contributed by atoms with Gasteiger partial charge in [0, 0.05) is 25.9 Å². The van der Waals surface area contributed by atoms with E-state index in [1.165, 1.54) is 5.56 Å². The second kappa shape index (κ2) is 5.87. The molecule has 0 spiro atoms. The summed E-state index contributed by atoms with van der Waals surface area (Å²) in [5.74, 6) is 2.09. The first-order chi connectivity index (χ1) is 8.72. The first-order valence-corrected chi connectivity index (χ1v) is 6.46. The fourth-order valence-corrected chi connectivity index (χ4v) is 2.09. The molecule has 0 amide bonds. The minimum atomic E-state index is 0.195. The van der Waals surface area contributed by atoms with Gasteiger partial charge in [0.15, 0.2) is 0 Å². The zero-order chi connectivity index (χ0) is 13.0. The summed E-state index contributed by atoms with van der Waals surface area (Å²) in [7, 11) is 2.02. The van der Waals surface area contributed by atoms with E-state index in [0.29, 0.717) is 0 Å². The minimum Gasteiger partial charge on any atom is -0.467 e. The zero-order valence-electron chi connectivity index (χ0n) is 11.3. The fourth-order valence-electron chi connectivity index (χ4n) is 2.09. The summed E-state index contributed by atoms with van der Waals surface area (Å²) in [5, 5.41) is 3.53. The second-order valence-corrected chi connectivity index (χ2v) is 4.63. The third-order valence-electron chi connectivity index (χ3n) is 3.17. The van der Waals surface area contributed by atoms with Crippen molar-refractivity contribution in [3.63, 3.8) is 0 Å². The largest absolute Gasteiger partial charge is 0.467 e. The molecule has 0 saturated heterocycles. The highest BCUT2D eigenvalue weighted by Crippen LogP contribution is 2.22. The predicted octanol–water partition coefficient (Wildman–Crippen LogP) is 2.60. The highest BCUT2D eigenvalue weighted by atomic mass is 16.3. The van der Waals surface area contributed by atoms with Crippen molar-refractivity contribution < 1.29 is 4.42 Å². The summed E-state index contributed by atoms with van der Waals surface area (Å²) in [6.07, 6.45) is 7.51. The van der Waals surface area contributed by atoms with E-state index in [0.717, 1.165) is 31.0 Å². The van der Waals surface area contributed by atoms with Crippen LogP contribution in [0.3, 0.4) is 0 Å². The van der Waals surface area contributed by atoms with Crippen molar-refractivity contribution in [3.05, 3.63) is 41.9 Å². The van der Waals surface area contributed by atoms with Crippen LogP contribution >= 0.6 is 0 Å². The van der Waals surface area contributed by atoms with Gasteiger partial charge >= 0.3 is 0 Å². The van der Waals surface area contributed by atoms with Gasteiger partial charge in [-0.1, -0.05) is 6.92 Å². The summed E-state index contributed by atoms with van der Waals surface area (Å²) < 4.78 is 7.67. The SMILES string of the molecule is CCCNC(Cc1nccn1C)c1occc1C. The maximum atomic E-state index is 5.61. The normalized spacial score (nSPS) is 12.8. The van der Waals surface area contributed by atoms with E-state index in [4.69, 9.17) is 4.42 Å². The first-order valence-electron chi connectivity index (χ1n) is 6.46. The third-order valence-corrected chi connectivity index (χ3v) is 3.17. The second-order valence-electron chi connectivity index (χ2n) is 4.63. The molecule has 0 saturated carbocycles. The van der Waals surface area contributed by atoms with E-state index < -0.39 is 0 Å².